The van der Waals surface area contributed by atoms with E-state index in [0.29, 0.717) is 31.1 Å². The number of nitrogens with one attached hydrogen (secondary N) is 1. The Morgan fingerprint density at radius 1 is 1.00 bits per heavy atom. The van der Waals surface area contributed by atoms with Gasteiger partial charge in [0, 0.05) is 55.2 Å². The van der Waals surface area contributed by atoms with Gasteiger partial charge in [0.15, 0.2) is 0 Å². The van der Waals surface area contributed by atoms with Crippen LogP contribution in [0.2, 0.25) is 0 Å². The van der Waals surface area contributed by atoms with Crippen molar-refractivity contribution in [2.45, 2.75) is 25.3 Å². The summed E-state index contributed by atoms with van der Waals surface area (Å²) in [5, 5.41) is 4.40. The number of anilines is 1. The molecule has 0 spiro atoms. The summed E-state index contributed by atoms with van der Waals surface area (Å²) < 4.78 is 7.08. The first-order valence-electron chi connectivity index (χ1n) is 12.7. The third kappa shape index (κ3) is 4.13. The number of urea groups is 1. The Labute approximate surface area is 223 Å². The second kappa shape index (κ2) is 9.52. The van der Waals surface area contributed by atoms with Crippen molar-refractivity contribution in [1.82, 2.24) is 14.8 Å². The van der Waals surface area contributed by atoms with E-state index in [0.717, 1.165) is 21.9 Å². The van der Waals surface area contributed by atoms with Gasteiger partial charge in [0.2, 0.25) is 5.91 Å². The second-order valence-corrected chi connectivity index (χ2v) is 11.4. The number of carbonyl (C=O) groups is 3. The molecule has 0 saturated carbocycles. The average molecular weight is 533 g/mol. The number of imide groups is 2. The van der Waals surface area contributed by atoms with E-state index < -0.39 is 23.3 Å². The van der Waals surface area contributed by atoms with Gasteiger partial charge in [0.25, 0.3) is 11.5 Å². The number of fused-ring (bicyclic) bond motifs is 4. The molecule has 6 rings (SSSR count). The summed E-state index contributed by atoms with van der Waals surface area (Å²) in [6.07, 6.45) is 1.16. The Balaban J connectivity index is 1.36. The molecule has 9 nitrogen and oxygen atoms in total. The van der Waals surface area contributed by atoms with Gasteiger partial charge in [-0.25, -0.2) is 9.69 Å². The number of barbiturate groups is 1. The summed E-state index contributed by atoms with van der Waals surface area (Å²) in [5.41, 5.74) is -0.101. The zero-order valence-corrected chi connectivity index (χ0v) is 21.8. The Bertz CT molecular complexity index is 1450. The van der Waals surface area contributed by atoms with Crippen LogP contribution >= 0.6 is 11.3 Å². The van der Waals surface area contributed by atoms with Crippen LogP contribution in [-0.4, -0.2) is 54.1 Å². The molecule has 196 valence electrons. The van der Waals surface area contributed by atoms with Gasteiger partial charge in [-0.15, -0.1) is 11.3 Å². The largest absolute Gasteiger partial charge is 0.497 e. The number of nitrogens with zero attached hydrogens (tertiary/aromatic N) is 3. The topological polar surface area (TPSA) is 101 Å². The molecule has 1 N–H and O–H groups in total. The van der Waals surface area contributed by atoms with Crippen molar-refractivity contribution < 1.29 is 19.1 Å². The summed E-state index contributed by atoms with van der Waals surface area (Å²) in [6, 6.07) is 15.1. The zero-order valence-electron chi connectivity index (χ0n) is 21.0. The number of likely N-dealkylation sites (tertiary alicyclic amines) is 1. The summed E-state index contributed by atoms with van der Waals surface area (Å²) >= 11 is 1.48. The molecule has 4 amide bonds. The highest BCUT2D eigenvalue weighted by Gasteiger charge is 2.56. The first-order valence-corrected chi connectivity index (χ1v) is 13.5. The third-order valence-corrected chi connectivity index (χ3v) is 8.78. The molecule has 3 aromatic rings. The minimum atomic E-state index is -1.49. The molecule has 38 heavy (non-hydrogen) atoms. The Morgan fingerprint density at radius 2 is 1.82 bits per heavy atom. The highest BCUT2D eigenvalue weighted by atomic mass is 32.1. The van der Waals surface area contributed by atoms with Crippen LogP contribution in [0.4, 0.5) is 10.5 Å². The van der Waals surface area contributed by atoms with Gasteiger partial charge < -0.3 is 14.2 Å². The summed E-state index contributed by atoms with van der Waals surface area (Å²) in [7, 11) is 1.54. The van der Waals surface area contributed by atoms with Crippen molar-refractivity contribution in [2.24, 2.45) is 11.3 Å². The van der Waals surface area contributed by atoms with Crippen LogP contribution in [0.5, 0.6) is 5.75 Å². The van der Waals surface area contributed by atoms with E-state index in [9.17, 15) is 19.2 Å². The van der Waals surface area contributed by atoms with Gasteiger partial charge in [-0.2, -0.15) is 0 Å². The van der Waals surface area contributed by atoms with E-state index in [-0.39, 0.29) is 30.4 Å². The number of methoxy groups -OCH3 is 1. The van der Waals surface area contributed by atoms with Crippen LogP contribution in [0, 0.1) is 11.3 Å². The van der Waals surface area contributed by atoms with Gasteiger partial charge in [-0.05, 0) is 54.1 Å². The molecule has 0 radical (unpaired) electrons. The zero-order chi connectivity index (χ0) is 26.4. The molecule has 3 atom stereocenters. The number of thiophene rings is 1. The molecule has 5 heterocycles. The Hall–Kier alpha value is -3.76. The first kappa shape index (κ1) is 24.6. The molecule has 2 aromatic heterocycles. The average Bonchev–Trinajstić information content (AvgIpc) is 3.41. The standard InChI is InChI=1S/C28H28N4O5S/c1-37-21-9-7-20(8-10-21)32-26(35)28(25(34)29-27(32)36,13-22-4-3-11-38-22)17-30-14-18-12-19(16-30)23-5-2-6-24(33)31(23)15-18/h2-11,18-19H,12-17H2,1H3,(H,29,34,36). The molecule has 0 aliphatic carbocycles. The van der Waals surface area contributed by atoms with Crippen LogP contribution in [0.3, 0.4) is 0 Å². The predicted molar refractivity (Wildman–Crippen MR) is 142 cm³/mol. The first-order chi connectivity index (χ1) is 18.4. The number of amides is 4. The number of benzene rings is 1. The normalized spacial score (nSPS) is 25.2. The molecular formula is C28H28N4O5S. The lowest BCUT2D eigenvalue weighted by atomic mass is 9.77. The Kier molecular flexibility index (Phi) is 6.16. The van der Waals surface area contributed by atoms with Gasteiger partial charge in [0.05, 0.1) is 12.8 Å². The quantitative estimate of drug-likeness (QED) is 0.490. The number of piperidine rings is 1. The molecule has 2 bridgehead atoms. The number of hydrogen-bond acceptors (Lipinski definition) is 7. The number of carbonyl (C=O) groups excluding carboxylic acids is 3. The smallest absolute Gasteiger partial charge is 0.335 e. The fourth-order valence-electron chi connectivity index (χ4n) is 6.21. The molecular weight excluding hydrogens is 504 g/mol. The van der Waals surface area contributed by atoms with Crippen LogP contribution in [0.15, 0.2) is 64.8 Å². The summed E-state index contributed by atoms with van der Waals surface area (Å²) in [5.74, 6) is -0.133. The maximum absolute atomic E-state index is 14.3. The van der Waals surface area contributed by atoms with Crippen molar-refractivity contribution in [3.8, 4) is 5.75 Å². The van der Waals surface area contributed by atoms with E-state index in [1.807, 2.05) is 28.1 Å². The van der Waals surface area contributed by atoms with E-state index in [2.05, 4.69) is 10.2 Å². The number of ether oxygens (including phenoxy) is 1. The number of hydrogen-bond donors (Lipinski definition) is 1. The van der Waals surface area contributed by atoms with Gasteiger partial charge in [0.1, 0.15) is 11.2 Å². The molecule has 3 unspecified atom stereocenters. The van der Waals surface area contributed by atoms with E-state index >= 15 is 0 Å². The van der Waals surface area contributed by atoms with Crippen molar-refractivity contribution >= 4 is 34.9 Å². The summed E-state index contributed by atoms with van der Waals surface area (Å²) in [4.78, 5) is 57.5. The monoisotopic (exact) mass is 532 g/mol. The van der Waals surface area contributed by atoms with Crippen molar-refractivity contribution in [2.75, 3.05) is 31.6 Å². The highest BCUT2D eigenvalue weighted by Crippen LogP contribution is 2.39. The van der Waals surface area contributed by atoms with Crippen LogP contribution in [0.25, 0.3) is 0 Å². The number of pyridine rings is 1. The number of aromatic nitrogens is 1. The second-order valence-electron chi connectivity index (χ2n) is 10.3. The highest BCUT2D eigenvalue weighted by molar-refractivity contribution is 7.09. The number of rotatable bonds is 6. The van der Waals surface area contributed by atoms with Gasteiger partial charge >= 0.3 is 6.03 Å². The summed E-state index contributed by atoms with van der Waals surface area (Å²) in [6.45, 7) is 2.10. The lowest BCUT2D eigenvalue weighted by Crippen LogP contribution is -2.68. The van der Waals surface area contributed by atoms with E-state index in [4.69, 9.17) is 4.74 Å². The third-order valence-electron chi connectivity index (χ3n) is 7.91. The molecule has 10 heteroatoms. The fraction of sp³-hybridized carbons (Fsp3) is 0.357. The molecule has 3 aliphatic heterocycles. The van der Waals surface area contributed by atoms with Crippen molar-refractivity contribution in [1.29, 1.82) is 0 Å². The maximum atomic E-state index is 14.3. The predicted octanol–water partition coefficient (Wildman–Crippen LogP) is 2.85. The van der Waals surface area contributed by atoms with Crippen LogP contribution in [-0.2, 0) is 22.6 Å². The fourth-order valence-corrected chi connectivity index (χ4v) is 7.03. The lowest BCUT2D eigenvalue weighted by molar-refractivity contribution is -0.144. The van der Waals surface area contributed by atoms with Crippen LogP contribution in [0.1, 0.15) is 22.9 Å². The van der Waals surface area contributed by atoms with E-state index in [1.165, 1.54) is 11.3 Å². The maximum Gasteiger partial charge on any atom is 0.335 e. The van der Waals surface area contributed by atoms with Gasteiger partial charge in [-0.3, -0.25) is 19.7 Å². The van der Waals surface area contributed by atoms with Gasteiger partial charge in [-0.1, -0.05) is 12.1 Å². The van der Waals surface area contributed by atoms with Crippen molar-refractivity contribution in [3.63, 3.8) is 0 Å². The van der Waals surface area contributed by atoms with E-state index in [1.54, 1.807) is 43.5 Å². The Morgan fingerprint density at radius 3 is 2.55 bits per heavy atom. The lowest BCUT2D eigenvalue weighted by Gasteiger charge is -2.47. The SMILES string of the molecule is COc1ccc(N2C(=O)NC(=O)C(Cc3cccs3)(CN3CC4CC(C3)c3cccc(=O)n3C4)C2=O)cc1. The van der Waals surface area contributed by atoms with Crippen molar-refractivity contribution in [3.05, 3.63) is 80.9 Å². The molecule has 2 fully saturated rings. The minimum Gasteiger partial charge on any atom is -0.497 e. The molecule has 2 saturated heterocycles. The molecule has 1 aromatic carbocycles. The molecule has 3 aliphatic rings. The van der Waals surface area contributed by atoms with Crippen LogP contribution < -0.4 is 20.5 Å². The minimum absolute atomic E-state index is 0.00953.